The minimum absolute atomic E-state index is 0.305. The number of benzene rings is 1. The van der Waals surface area contributed by atoms with E-state index in [1.807, 2.05) is 0 Å². The topological polar surface area (TPSA) is 49.9 Å². The molecule has 1 saturated heterocycles. The van der Waals surface area contributed by atoms with Crippen molar-refractivity contribution in [2.45, 2.75) is 31.6 Å². The molecule has 2 heterocycles. The molecule has 0 radical (unpaired) electrons. The van der Waals surface area contributed by atoms with Crippen LogP contribution in [0, 0.1) is 0 Å². The van der Waals surface area contributed by atoms with Crippen molar-refractivity contribution in [3.8, 4) is 11.3 Å². The first kappa shape index (κ1) is 16.0. The van der Waals surface area contributed by atoms with E-state index in [1.54, 1.807) is 6.20 Å². The third kappa shape index (κ3) is 3.92. The van der Waals surface area contributed by atoms with Gasteiger partial charge in [0.1, 0.15) is 0 Å². The number of aromatic amines is 1. The smallest absolute Gasteiger partial charge is 0.380 e. The zero-order valence-electron chi connectivity index (χ0n) is 12.5. The fourth-order valence-corrected chi connectivity index (χ4v) is 2.68. The fourth-order valence-electron chi connectivity index (χ4n) is 2.68. The molecule has 4 nitrogen and oxygen atoms in total. The van der Waals surface area contributed by atoms with Crippen molar-refractivity contribution in [2.75, 3.05) is 13.2 Å². The quantitative estimate of drug-likeness (QED) is 0.906. The van der Waals surface area contributed by atoms with Crippen LogP contribution >= 0.6 is 0 Å². The SMILES string of the molecule is FC(F)(F)c1ccc(-c2[nH]ncc2CN[C@H]2CCCOC2)cc1. The van der Waals surface area contributed by atoms with E-state index >= 15 is 0 Å². The van der Waals surface area contributed by atoms with Crippen molar-refractivity contribution in [1.29, 1.82) is 0 Å². The van der Waals surface area contributed by atoms with Crippen LogP contribution in [0.5, 0.6) is 0 Å². The third-order valence-electron chi connectivity index (χ3n) is 3.96. The van der Waals surface area contributed by atoms with Gasteiger partial charge in [-0.1, -0.05) is 12.1 Å². The Bertz CT molecular complexity index is 631. The molecule has 3 rings (SSSR count). The van der Waals surface area contributed by atoms with E-state index in [0.717, 1.165) is 42.8 Å². The molecule has 0 unspecified atom stereocenters. The molecule has 1 aliphatic rings. The van der Waals surface area contributed by atoms with Crippen LogP contribution < -0.4 is 5.32 Å². The van der Waals surface area contributed by atoms with E-state index in [-0.39, 0.29) is 0 Å². The van der Waals surface area contributed by atoms with Gasteiger partial charge < -0.3 is 10.1 Å². The van der Waals surface area contributed by atoms with Gasteiger partial charge in [0.2, 0.25) is 0 Å². The highest BCUT2D eigenvalue weighted by Crippen LogP contribution is 2.31. The first-order valence-electron chi connectivity index (χ1n) is 7.55. The minimum Gasteiger partial charge on any atom is -0.380 e. The Labute approximate surface area is 132 Å². The first-order chi connectivity index (χ1) is 11.0. The minimum atomic E-state index is -4.32. The van der Waals surface area contributed by atoms with Gasteiger partial charge in [-0.05, 0) is 30.5 Å². The van der Waals surface area contributed by atoms with Gasteiger partial charge in [-0.15, -0.1) is 0 Å². The number of hydrogen-bond donors (Lipinski definition) is 2. The number of halogens is 3. The number of rotatable bonds is 4. The van der Waals surface area contributed by atoms with Gasteiger partial charge in [-0.3, -0.25) is 5.10 Å². The predicted molar refractivity (Wildman–Crippen MR) is 79.7 cm³/mol. The number of H-pyrrole nitrogens is 1. The Morgan fingerprint density at radius 1 is 1.26 bits per heavy atom. The lowest BCUT2D eigenvalue weighted by Crippen LogP contribution is -2.36. The number of alkyl halides is 3. The van der Waals surface area contributed by atoms with E-state index in [2.05, 4.69) is 15.5 Å². The lowest BCUT2D eigenvalue weighted by molar-refractivity contribution is -0.137. The summed E-state index contributed by atoms with van der Waals surface area (Å²) < 4.78 is 43.3. The van der Waals surface area contributed by atoms with Crippen LogP contribution in [0.15, 0.2) is 30.5 Å². The lowest BCUT2D eigenvalue weighted by atomic mass is 10.0. The zero-order valence-corrected chi connectivity index (χ0v) is 12.5. The van der Waals surface area contributed by atoms with Crippen LogP contribution in [0.25, 0.3) is 11.3 Å². The van der Waals surface area contributed by atoms with Crippen molar-refractivity contribution in [3.63, 3.8) is 0 Å². The normalized spacial score (nSPS) is 19.0. The van der Waals surface area contributed by atoms with E-state index in [1.165, 1.54) is 12.1 Å². The van der Waals surface area contributed by atoms with Gasteiger partial charge >= 0.3 is 6.18 Å². The van der Waals surface area contributed by atoms with Crippen LogP contribution in [0.4, 0.5) is 13.2 Å². The molecule has 0 aliphatic carbocycles. The maximum absolute atomic E-state index is 12.6. The summed E-state index contributed by atoms with van der Waals surface area (Å²) in [4.78, 5) is 0. The molecular formula is C16H18F3N3O. The van der Waals surface area contributed by atoms with Crippen LogP contribution in [-0.2, 0) is 17.5 Å². The average Bonchev–Trinajstić information content (AvgIpc) is 3.02. The predicted octanol–water partition coefficient (Wildman–Crippen LogP) is 3.36. The molecule has 0 bridgehead atoms. The Hall–Kier alpha value is -1.86. The summed E-state index contributed by atoms with van der Waals surface area (Å²) in [5.74, 6) is 0. The Balaban J connectivity index is 1.70. The molecule has 1 aromatic carbocycles. The number of aromatic nitrogens is 2. The molecule has 1 aromatic heterocycles. The molecule has 1 aliphatic heterocycles. The highest BCUT2D eigenvalue weighted by Gasteiger charge is 2.30. The summed E-state index contributed by atoms with van der Waals surface area (Å²) in [6.45, 7) is 2.09. The number of hydrogen-bond acceptors (Lipinski definition) is 3. The Kier molecular flexibility index (Phi) is 4.68. The molecular weight excluding hydrogens is 307 g/mol. The largest absolute Gasteiger partial charge is 0.416 e. The molecule has 23 heavy (non-hydrogen) atoms. The van der Waals surface area contributed by atoms with E-state index < -0.39 is 11.7 Å². The fraction of sp³-hybridized carbons (Fsp3) is 0.438. The van der Waals surface area contributed by atoms with Gasteiger partial charge in [0.05, 0.1) is 24.1 Å². The summed E-state index contributed by atoms with van der Waals surface area (Å²) in [7, 11) is 0. The summed E-state index contributed by atoms with van der Waals surface area (Å²) >= 11 is 0. The van der Waals surface area contributed by atoms with E-state index in [9.17, 15) is 13.2 Å². The van der Waals surface area contributed by atoms with Crippen LogP contribution in [0.3, 0.4) is 0 Å². The van der Waals surface area contributed by atoms with Crippen LogP contribution in [-0.4, -0.2) is 29.5 Å². The molecule has 7 heteroatoms. The maximum Gasteiger partial charge on any atom is 0.416 e. The van der Waals surface area contributed by atoms with Crippen LogP contribution in [0.2, 0.25) is 0 Å². The van der Waals surface area contributed by atoms with Gasteiger partial charge in [0, 0.05) is 24.8 Å². The molecule has 0 amide bonds. The molecule has 124 valence electrons. The van der Waals surface area contributed by atoms with Crippen molar-refractivity contribution in [3.05, 3.63) is 41.6 Å². The second-order valence-corrected chi connectivity index (χ2v) is 5.64. The Morgan fingerprint density at radius 2 is 2.04 bits per heavy atom. The summed E-state index contributed by atoms with van der Waals surface area (Å²) in [6.07, 6.45) is -0.524. The zero-order chi connectivity index (χ0) is 16.3. The summed E-state index contributed by atoms with van der Waals surface area (Å²) in [5.41, 5.74) is 1.70. The van der Waals surface area contributed by atoms with Crippen molar-refractivity contribution in [1.82, 2.24) is 15.5 Å². The van der Waals surface area contributed by atoms with E-state index in [0.29, 0.717) is 24.8 Å². The number of nitrogens with one attached hydrogen (secondary N) is 2. The molecule has 0 saturated carbocycles. The van der Waals surface area contributed by atoms with Crippen LogP contribution in [0.1, 0.15) is 24.0 Å². The number of nitrogens with zero attached hydrogens (tertiary/aromatic N) is 1. The monoisotopic (exact) mass is 325 g/mol. The lowest BCUT2D eigenvalue weighted by Gasteiger charge is -2.23. The average molecular weight is 325 g/mol. The summed E-state index contributed by atoms with van der Waals surface area (Å²) in [5, 5.41) is 10.3. The summed E-state index contributed by atoms with van der Waals surface area (Å²) in [6, 6.07) is 5.40. The Morgan fingerprint density at radius 3 is 2.70 bits per heavy atom. The second kappa shape index (κ2) is 6.72. The standard InChI is InChI=1S/C16H18F3N3O/c17-16(18,19)13-5-3-11(4-6-13)15-12(9-21-22-15)8-20-14-2-1-7-23-10-14/h3-6,9,14,20H,1-2,7-8,10H2,(H,21,22)/t14-/m0/s1. The van der Waals surface area contributed by atoms with E-state index in [4.69, 9.17) is 4.74 Å². The molecule has 1 atom stereocenters. The highest BCUT2D eigenvalue weighted by molar-refractivity contribution is 5.63. The first-order valence-corrected chi connectivity index (χ1v) is 7.55. The van der Waals surface area contributed by atoms with Gasteiger partial charge in [0.15, 0.2) is 0 Å². The van der Waals surface area contributed by atoms with Crippen molar-refractivity contribution < 1.29 is 17.9 Å². The molecule has 0 spiro atoms. The maximum atomic E-state index is 12.6. The molecule has 2 aromatic rings. The third-order valence-corrected chi connectivity index (χ3v) is 3.96. The van der Waals surface area contributed by atoms with Gasteiger partial charge in [-0.25, -0.2) is 0 Å². The van der Waals surface area contributed by atoms with Crippen molar-refractivity contribution in [2.24, 2.45) is 0 Å². The van der Waals surface area contributed by atoms with Gasteiger partial charge in [-0.2, -0.15) is 18.3 Å². The highest BCUT2D eigenvalue weighted by atomic mass is 19.4. The molecule has 1 fully saturated rings. The molecule has 2 N–H and O–H groups in total. The number of ether oxygens (including phenoxy) is 1. The second-order valence-electron chi connectivity index (χ2n) is 5.64. The van der Waals surface area contributed by atoms with Gasteiger partial charge in [0.25, 0.3) is 0 Å². The van der Waals surface area contributed by atoms with Crippen molar-refractivity contribution >= 4 is 0 Å².